The second kappa shape index (κ2) is 7.65. The van der Waals surface area contributed by atoms with E-state index >= 15 is 0 Å². The van der Waals surface area contributed by atoms with E-state index in [0.717, 1.165) is 12.8 Å². The SMILES string of the molecule is CCC(CC(C)(C)C)(OC(=O)CCOC(C)=O)C(C)C. The Morgan fingerprint density at radius 2 is 1.70 bits per heavy atom. The fraction of sp³-hybridized carbons (Fsp3) is 0.875. The Balaban J connectivity index is 4.72. The number of esters is 2. The zero-order valence-corrected chi connectivity index (χ0v) is 14.0. The summed E-state index contributed by atoms with van der Waals surface area (Å²) in [6, 6.07) is 0. The van der Waals surface area contributed by atoms with Gasteiger partial charge in [-0.25, -0.2) is 0 Å². The van der Waals surface area contributed by atoms with Crippen molar-refractivity contribution < 1.29 is 19.1 Å². The molecule has 0 bridgehead atoms. The molecule has 0 amide bonds. The van der Waals surface area contributed by atoms with E-state index in [1.54, 1.807) is 0 Å². The van der Waals surface area contributed by atoms with Gasteiger partial charge in [-0.3, -0.25) is 9.59 Å². The van der Waals surface area contributed by atoms with Gasteiger partial charge >= 0.3 is 11.9 Å². The fourth-order valence-corrected chi connectivity index (χ4v) is 2.42. The van der Waals surface area contributed by atoms with Gasteiger partial charge in [-0.15, -0.1) is 0 Å². The molecule has 0 saturated carbocycles. The van der Waals surface area contributed by atoms with E-state index < -0.39 is 5.60 Å². The van der Waals surface area contributed by atoms with Crippen LogP contribution >= 0.6 is 0 Å². The number of rotatable bonds is 7. The van der Waals surface area contributed by atoms with Gasteiger partial charge in [0.25, 0.3) is 0 Å². The summed E-state index contributed by atoms with van der Waals surface area (Å²) >= 11 is 0. The molecule has 0 aliphatic rings. The molecular formula is C16H30O4. The third kappa shape index (κ3) is 6.92. The van der Waals surface area contributed by atoms with E-state index in [-0.39, 0.29) is 36.3 Å². The minimum absolute atomic E-state index is 0.0798. The summed E-state index contributed by atoms with van der Waals surface area (Å²) in [5, 5.41) is 0. The molecule has 0 N–H and O–H groups in total. The lowest BCUT2D eigenvalue weighted by atomic mass is 9.74. The lowest BCUT2D eigenvalue weighted by Gasteiger charge is -2.41. The molecule has 0 aromatic rings. The third-order valence-electron chi connectivity index (χ3n) is 3.41. The number of ether oxygens (including phenoxy) is 2. The number of carbonyl (C=O) groups excluding carboxylic acids is 2. The van der Waals surface area contributed by atoms with Crippen LogP contribution in [0, 0.1) is 11.3 Å². The highest BCUT2D eigenvalue weighted by Gasteiger charge is 2.39. The Hall–Kier alpha value is -1.06. The van der Waals surface area contributed by atoms with Crippen molar-refractivity contribution in [2.75, 3.05) is 6.61 Å². The first kappa shape index (κ1) is 18.9. The Kier molecular flexibility index (Phi) is 7.25. The molecule has 0 heterocycles. The van der Waals surface area contributed by atoms with Crippen LogP contribution in [0.3, 0.4) is 0 Å². The van der Waals surface area contributed by atoms with Gasteiger partial charge in [0.15, 0.2) is 0 Å². The summed E-state index contributed by atoms with van der Waals surface area (Å²) in [5.41, 5.74) is -0.373. The normalized spacial score (nSPS) is 14.8. The molecule has 1 unspecified atom stereocenters. The maximum Gasteiger partial charge on any atom is 0.309 e. The number of carbonyl (C=O) groups is 2. The van der Waals surface area contributed by atoms with Crippen molar-refractivity contribution in [3.8, 4) is 0 Å². The largest absolute Gasteiger partial charge is 0.465 e. The minimum Gasteiger partial charge on any atom is -0.465 e. The van der Waals surface area contributed by atoms with Crippen LogP contribution in [0.1, 0.15) is 67.7 Å². The molecule has 1 atom stereocenters. The lowest BCUT2D eigenvalue weighted by Crippen LogP contribution is -2.43. The molecule has 4 heteroatoms. The molecule has 20 heavy (non-hydrogen) atoms. The third-order valence-corrected chi connectivity index (χ3v) is 3.41. The predicted molar refractivity (Wildman–Crippen MR) is 79.3 cm³/mol. The molecule has 0 spiro atoms. The van der Waals surface area contributed by atoms with Gasteiger partial charge in [-0.2, -0.15) is 0 Å². The Labute approximate surface area is 123 Å². The summed E-state index contributed by atoms with van der Waals surface area (Å²) in [6.07, 6.45) is 1.70. The van der Waals surface area contributed by atoms with E-state index in [4.69, 9.17) is 9.47 Å². The highest BCUT2D eigenvalue weighted by molar-refractivity contribution is 5.71. The van der Waals surface area contributed by atoms with Crippen LogP contribution in [0.2, 0.25) is 0 Å². The fourth-order valence-electron chi connectivity index (χ4n) is 2.42. The second-order valence-corrected chi connectivity index (χ2v) is 6.87. The van der Waals surface area contributed by atoms with Gasteiger partial charge in [0.2, 0.25) is 0 Å². The van der Waals surface area contributed by atoms with E-state index in [1.807, 2.05) is 6.92 Å². The quantitative estimate of drug-likeness (QED) is 0.669. The van der Waals surface area contributed by atoms with Crippen LogP contribution in [-0.4, -0.2) is 24.1 Å². The smallest absolute Gasteiger partial charge is 0.309 e. The average molecular weight is 286 g/mol. The average Bonchev–Trinajstić information content (AvgIpc) is 2.25. The Morgan fingerprint density at radius 3 is 2.05 bits per heavy atom. The van der Waals surface area contributed by atoms with E-state index in [9.17, 15) is 9.59 Å². The van der Waals surface area contributed by atoms with E-state index in [1.165, 1.54) is 6.92 Å². The molecule has 0 aromatic heterocycles. The maximum absolute atomic E-state index is 12.0. The van der Waals surface area contributed by atoms with E-state index in [0.29, 0.717) is 0 Å². The van der Waals surface area contributed by atoms with Crippen molar-refractivity contribution in [3.63, 3.8) is 0 Å². The molecule has 0 saturated heterocycles. The molecule has 0 aliphatic carbocycles. The van der Waals surface area contributed by atoms with Crippen molar-refractivity contribution in [2.24, 2.45) is 11.3 Å². The molecule has 0 rings (SSSR count). The van der Waals surface area contributed by atoms with Gasteiger partial charge in [0.1, 0.15) is 12.2 Å². The summed E-state index contributed by atoms with van der Waals surface area (Å²) in [7, 11) is 0. The molecule has 0 fully saturated rings. The van der Waals surface area contributed by atoms with Crippen LogP contribution < -0.4 is 0 Å². The summed E-state index contributed by atoms with van der Waals surface area (Å²) in [6.45, 7) is 14.1. The molecule has 0 aliphatic heterocycles. The zero-order valence-electron chi connectivity index (χ0n) is 14.0. The molecule has 0 radical (unpaired) electrons. The highest BCUT2D eigenvalue weighted by Crippen LogP contribution is 2.38. The topological polar surface area (TPSA) is 52.6 Å². The molecule has 0 aromatic carbocycles. The first-order valence-corrected chi connectivity index (χ1v) is 7.37. The van der Waals surface area contributed by atoms with Gasteiger partial charge in [-0.05, 0) is 24.2 Å². The van der Waals surface area contributed by atoms with Crippen LogP contribution in [0.25, 0.3) is 0 Å². The van der Waals surface area contributed by atoms with E-state index in [2.05, 4.69) is 34.6 Å². The van der Waals surface area contributed by atoms with Crippen LogP contribution in [-0.2, 0) is 19.1 Å². The van der Waals surface area contributed by atoms with Crippen molar-refractivity contribution in [2.45, 2.75) is 73.3 Å². The zero-order chi connectivity index (χ0) is 16.0. The van der Waals surface area contributed by atoms with Gasteiger partial charge in [0.05, 0.1) is 6.42 Å². The number of hydrogen-bond acceptors (Lipinski definition) is 4. The predicted octanol–water partition coefficient (Wildman–Crippen LogP) is 3.72. The van der Waals surface area contributed by atoms with Crippen LogP contribution in [0.4, 0.5) is 0 Å². The summed E-state index contributed by atoms with van der Waals surface area (Å²) in [5.74, 6) is -0.437. The van der Waals surface area contributed by atoms with Gasteiger partial charge in [0, 0.05) is 6.92 Å². The second-order valence-electron chi connectivity index (χ2n) is 6.87. The number of hydrogen-bond donors (Lipinski definition) is 0. The standard InChI is InChI=1S/C16H30O4/c1-8-16(12(2)3,11-15(5,6)7)20-14(18)9-10-19-13(4)17/h12H,8-11H2,1-7H3. The van der Waals surface area contributed by atoms with Gasteiger partial charge < -0.3 is 9.47 Å². The van der Waals surface area contributed by atoms with Crippen LogP contribution in [0.5, 0.6) is 0 Å². The monoisotopic (exact) mass is 286 g/mol. The van der Waals surface area contributed by atoms with Gasteiger partial charge in [-0.1, -0.05) is 41.5 Å². The van der Waals surface area contributed by atoms with Crippen molar-refractivity contribution in [1.82, 2.24) is 0 Å². The summed E-state index contributed by atoms with van der Waals surface area (Å²) in [4.78, 5) is 22.7. The molecule has 4 nitrogen and oxygen atoms in total. The van der Waals surface area contributed by atoms with Crippen molar-refractivity contribution in [1.29, 1.82) is 0 Å². The molecule has 118 valence electrons. The first-order valence-electron chi connectivity index (χ1n) is 7.37. The van der Waals surface area contributed by atoms with Crippen molar-refractivity contribution >= 4 is 11.9 Å². The summed E-state index contributed by atoms with van der Waals surface area (Å²) < 4.78 is 10.6. The Bertz CT molecular complexity index is 328. The van der Waals surface area contributed by atoms with Crippen molar-refractivity contribution in [3.05, 3.63) is 0 Å². The Morgan fingerprint density at radius 1 is 1.15 bits per heavy atom. The maximum atomic E-state index is 12.0. The lowest BCUT2D eigenvalue weighted by molar-refractivity contribution is -0.171. The first-order chi connectivity index (χ1) is 9.02. The highest BCUT2D eigenvalue weighted by atomic mass is 16.6. The minimum atomic E-state index is -0.453. The molecular weight excluding hydrogens is 256 g/mol. The van der Waals surface area contributed by atoms with Crippen LogP contribution in [0.15, 0.2) is 0 Å².